The van der Waals surface area contributed by atoms with Gasteiger partial charge in [0, 0.05) is 0 Å². The van der Waals surface area contributed by atoms with Crippen molar-refractivity contribution in [3.8, 4) is 0 Å². The number of amides is 1. The molecule has 0 heterocycles. The standard InChI is InChI=1S/C21H31N3O4/c1-21(2,3)28-20(26)24-17(18(22)23)15-9-11-16(12-10-15)19(25)27-13-14-7-5-4-6-8-14/h4-8,15-17H,9-13H2,1-3H3,(H3,22,23)(H,24,26). The van der Waals surface area contributed by atoms with Crippen molar-refractivity contribution in [2.75, 3.05) is 0 Å². The van der Waals surface area contributed by atoms with Gasteiger partial charge in [0.25, 0.3) is 0 Å². The predicted molar refractivity (Wildman–Crippen MR) is 107 cm³/mol. The van der Waals surface area contributed by atoms with Crippen molar-refractivity contribution in [2.45, 2.75) is 64.7 Å². The number of alkyl carbamates (subject to hydrolysis) is 1. The largest absolute Gasteiger partial charge is 0.461 e. The normalized spacial score (nSPS) is 20.7. The van der Waals surface area contributed by atoms with Crippen LogP contribution >= 0.6 is 0 Å². The Morgan fingerprint density at radius 2 is 1.79 bits per heavy atom. The number of rotatable bonds is 6. The van der Waals surface area contributed by atoms with E-state index in [1.54, 1.807) is 20.8 Å². The summed E-state index contributed by atoms with van der Waals surface area (Å²) in [6.45, 7) is 5.61. The zero-order chi connectivity index (χ0) is 20.7. The number of benzene rings is 1. The minimum Gasteiger partial charge on any atom is -0.461 e. The van der Waals surface area contributed by atoms with Crippen molar-refractivity contribution in [3.63, 3.8) is 0 Å². The summed E-state index contributed by atoms with van der Waals surface area (Å²) in [5.74, 6) is -0.444. The van der Waals surface area contributed by atoms with Crippen LogP contribution in [0.3, 0.4) is 0 Å². The molecular formula is C21H31N3O4. The van der Waals surface area contributed by atoms with Gasteiger partial charge in [-0.05, 0) is 57.9 Å². The van der Waals surface area contributed by atoms with Crippen molar-refractivity contribution in [3.05, 3.63) is 35.9 Å². The fourth-order valence-electron chi connectivity index (χ4n) is 3.42. The van der Waals surface area contributed by atoms with Crippen molar-refractivity contribution < 1.29 is 19.1 Å². The van der Waals surface area contributed by atoms with Crippen LogP contribution in [0.5, 0.6) is 0 Å². The first-order valence-electron chi connectivity index (χ1n) is 9.69. The summed E-state index contributed by atoms with van der Waals surface area (Å²) >= 11 is 0. The molecule has 1 saturated carbocycles. The highest BCUT2D eigenvalue weighted by molar-refractivity contribution is 5.86. The van der Waals surface area contributed by atoms with E-state index >= 15 is 0 Å². The van der Waals surface area contributed by atoms with Gasteiger partial charge in [0.1, 0.15) is 18.0 Å². The molecule has 7 heteroatoms. The summed E-state index contributed by atoms with van der Waals surface area (Å²) in [6.07, 6.45) is 2.09. The van der Waals surface area contributed by atoms with Gasteiger partial charge in [-0.3, -0.25) is 10.2 Å². The van der Waals surface area contributed by atoms with Gasteiger partial charge >= 0.3 is 12.1 Å². The van der Waals surface area contributed by atoms with E-state index in [9.17, 15) is 9.59 Å². The third kappa shape index (κ3) is 6.87. The van der Waals surface area contributed by atoms with Crippen LogP contribution in [0, 0.1) is 17.2 Å². The number of nitrogens with one attached hydrogen (secondary N) is 2. The molecule has 1 amide bonds. The summed E-state index contributed by atoms with van der Waals surface area (Å²) in [5.41, 5.74) is 6.05. The molecule has 0 aromatic heterocycles. The van der Waals surface area contributed by atoms with Crippen LogP contribution in [-0.4, -0.2) is 29.5 Å². The number of hydrogen-bond donors (Lipinski definition) is 3. The van der Waals surface area contributed by atoms with Gasteiger partial charge in [0.05, 0.1) is 12.0 Å². The highest BCUT2D eigenvalue weighted by atomic mass is 16.6. The lowest BCUT2D eigenvalue weighted by Gasteiger charge is -2.33. The number of carbonyl (C=O) groups is 2. The monoisotopic (exact) mass is 389 g/mol. The Labute approximate surface area is 166 Å². The highest BCUT2D eigenvalue weighted by Crippen LogP contribution is 2.32. The Hall–Kier alpha value is -2.57. The van der Waals surface area contributed by atoms with Crippen molar-refractivity contribution >= 4 is 17.9 Å². The first-order chi connectivity index (χ1) is 13.2. The SMILES string of the molecule is CC(C)(C)OC(=O)NC(C(=N)N)C1CCC(C(=O)OCc2ccccc2)CC1. The maximum absolute atomic E-state index is 12.3. The maximum Gasteiger partial charge on any atom is 0.408 e. The second kappa shape index (κ2) is 9.57. The van der Waals surface area contributed by atoms with Crippen molar-refractivity contribution in [1.82, 2.24) is 5.32 Å². The van der Waals surface area contributed by atoms with Crippen LogP contribution in [0.4, 0.5) is 4.79 Å². The zero-order valence-electron chi connectivity index (χ0n) is 16.9. The van der Waals surface area contributed by atoms with Crippen LogP contribution in [-0.2, 0) is 20.9 Å². The molecule has 0 radical (unpaired) electrons. The molecular weight excluding hydrogens is 358 g/mol. The minimum absolute atomic E-state index is 0.00296. The molecule has 0 saturated heterocycles. The van der Waals surface area contributed by atoms with Gasteiger partial charge in [-0.25, -0.2) is 4.79 Å². The molecule has 1 fully saturated rings. The van der Waals surface area contributed by atoms with E-state index in [1.807, 2.05) is 30.3 Å². The third-order valence-corrected chi connectivity index (χ3v) is 4.81. The Morgan fingerprint density at radius 3 is 2.32 bits per heavy atom. The minimum atomic E-state index is -0.619. The molecule has 0 bridgehead atoms. The molecule has 0 spiro atoms. The van der Waals surface area contributed by atoms with Crippen molar-refractivity contribution in [2.24, 2.45) is 17.6 Å². The van der Waals surface area contributed by atoms with E-state index in [0.29, 0.717) is 25.7 Å². The number of carbonyl (C=O) groups excluding carboxylic acids is 2. The summed E-state index contributed by atoms with van der Waals surface area (Å²) in [6, 6.07) is 9.00. The Bertz CT molecular complexity index is 677. The summed E-state index contributed by atoms with van der Waals surface area (Å²) < 4.78 is 10.7. The summed E-state index contributed by atoms with van der Waals surface area (Å²) in [5, 5.41) is 10.5. The van der Waals surface area contributed by atoms with Crippen LogP contribution in [0.2, 0.25) is 0 Å². The molecule has 154 valence electrons. The van der Waals surface area contributed by atoms with Gasteiger partial charge in [-0.15, -0.1) is 0 Å². The average molecular weight is 389 g/mol. The lowest BCUT2D eigenvalue weighted by atomic mass is 9.78. The van der Waals surface area contributed by atoms with Crippen molar-refractivity contribution in [1.29, 1.82) is 5.41 Å². The maximum atomic E-state index is 12.3. The molecule has 0 aliphatic heterocycles. The number of nitrogens with two attached hydrogens (primary N) is 1. The fraction of sp³-hybridized carbons (Fsp3) is 0.571. The average Bonchev–Trinajstić information content (AvgIpc) is 2.63. The predicted octanol–water partition coefficient (Wildman–Crippen LogP) is 3.37. The molecule has 2 rings (SSSR count). The molecule has 1 aliphatic carbocycles. The number of amidine groups is 1. The van der Waals surface area contributed by atoms with E-state index in [0.717, 1.165) is 5.56 Å². The Kier molecular flexibility index (Phi) is 7.43. The molecule has 7 nitrogen and oxygen atoms in total. The van der Waals surface area contributed by atoms with Crippen LogP contribution in [0.25, 0.3) is 0 Å². The van der Waals surface area contributed by atoms with Crippen LogP contribution < -0.4 is 11.1 Å². The Morgan fingerprint density at radius 1 is 1.18 bits per heavy atom. The molecule has 1 aromatic rings. The topological polar surface area (TPSA) is 115 Å². The first kappa shape index (κ1) is 21.7. The van der Waals surface area contributed by atoms with Gasteiger partial charge < -0.3 is 20.5 Å². The van der Waals surface area contributed by atoms with Gasteiger partial charge in [0.15, 0.2) is 0 Å². The lowest BCUT2D eigenvalue weighted by Crippen LogP contribution is -2.51. The Balaban J connectivity index is 1.83. The summed E-state index contributed by atoms with van der Waals surface area (Å²) in [7, 11) is 0. The van der Waals surface area contributed by atoms with E-state index in [-0.39, 0.29) is 30.2 Å². The molecule has 4 N–H and O–H groups in total. The molecule has 1 unspecified atom stereocenters. The van der Waals surface area contributed by atoms with Gasteiger partial charge in [-0.2, -0.15) is 0 Å². The highest BCUT2D eigenvalue weighted by Gasteiger charge is 2.34. The number of hydrogen-bond acceptors (Lipinski definition) is 5. The first-order valence-corrected chi connectivity index (χ1v) is 9.69. The zero-order valence-corrected chi connectivity index (χ0v) is 16.9. The molecule has 1 aliphatic rings. The third-order valence-electron chi connectivity index (χ3n) is 4.81. The van der Waals surface area contributed by atoms with E-state index in [2.05, 4.69) is 5.32 Å². The summed E-state index contributed by atoms with van der Waals surface area (Å²) in [4.78, 5) is 24.4. The fourth-order valence-corrected chi connectivity index (χ4v) is 3.42. The van der Waals surface area contributed by atoms with E-state index in [4.69, 9.17) is 20.6 Å². The quantitative estimate of drug-likeness (QED) is 0.392. The second-order valence-corrected chi connectivity index (χ2v) is 8.28. The lowest BCUT2D eigenvalue weighted by molar-refractivity contribution is -0.151. The molecule has 1 aromatic carbocycles. The van der Waals surface area contributed by atoms with Gasteiger partial charge in [0.2, 0.25) is 0 Å². The van der Waals surface area contributed by atoms with Crippen LogP contribution in [0.15, 0.2) is 30.3 Å². The van der Waals surface area contributed by atoms with E-state index in [1.165, 1.54) is 0 Å². The van der Waals surface area contributed by atoms with E-state index < -0.39 is 17.7 Å². The number of ether oxygens (including phenoxy) is 2. The smallest absolute Gasteiger partial charge is 0.408 e. The van der Waals surface area contributed by atoms with Gasteiger partial charge in [-0.1, -0.05) is 30.3 Å². The number of esters is 1. The second-order valence-electron chi connectivity index (χ2n) is 8.28. The van der Waals surface area contributed by atoms with Crippen LogP contribution in [0.1, 0.15) is 52.0 Å². The molecule has 1 atom stereocenters. The molecule has 28 heavy (non-hydrogen) atoms.